The Hall–Kier alpha value is -2.78. The summed E-state index contributed by atoms with van der Waals surface area (Å²) in [5.74, 6) is -0.0307. The van der Waals surface area contributed by atoms with E-state index in [9.17, 15) is 4.39 Å². The van der Waals surface area contributed by atoms with Crippen molar-refractivity contribution in [2.75, 3.05) is 0 Å². The van der Waals surface area contributed by atoms with Crippen molar-refractivity contribution in [3.63, 3.8) is 0 Å². The largest absolute Gasteiger partial charge is 0.386 e. The predicted molar refractivity (Wildman–Crippen MR) is 68.9 cm³/mol. The van der Waals surface area contributed by atoms with E-state index in [-0.39, 0.29) is 0 Å². The molecule has 0 amide bonds. The molecule has 0 radical (unpaired) electrons. The van der Waals surface area contributed by atoms with E-state index in [4.69, 9.17) is 10.1 Å². The van der Waals surface area contributed by atoms with Crippen LogP contribution in [0.15, 0.2) is 47.6 Å². The molecule has 0 bridgehead atoms. The molecule has 0 saturated heterocycles. The minimum Gasteiger partial charge on any atom is -0.386 e. The van der Waals surface area contributed by atoms with Gasteiger partial charge in [0.1, 0.15) is 5.82 Å². The molecule has 0 fully saturated rings. The minimum atomic E-state index is -0.489. The molecule has 1 atom stereocenters. The minimum absolute atomic E-state index is 0.373. The summed E-state index contributed by atoms with van der Waals surface area (Å²) in [5, 5.41) is 8.87. The van der Waals surface area contributed by atoms with Crippen LogP contribution in [0.4, 0.5) is 4.39 Å². The highest BCUT2D eigenvalue weighted by Gasteiger charge is 2.22. The Morgan fingerprint density at radius 3 is 2.95 bits per heavy atom. The average molecular weight is 268 g/mol. The Kier molecular flexibility index (Phi) is 3.11. The van der Waals surface area contributed by atoms with Gasteiger partial charge in [-0.1, -0.05) is 6.07 Å². The Morgan fingerprint density at radius 2 is 2.20 bits per heavy atom. The summed E-state index contributed by atoms with van der Waals surface area (Å²) in [6.07, 6.45) is 0.636. The highest BCUT2D eigenvalue weighted by Crippen LogP contribution is 2.20. The van der Waals surface area contributed by atoms with Crippen LogP contribution in [0.5, 0.6) is 0 Å². The van der Waals surface area contributed by atoms with Crippen LogP contribution in [0.25, 0.3) is 0 Å². The molecule has 2 heterocycles. The molecule has 1 aliphatic heterocycles. The highest BCUT2D eigenvalue weighted by molar-refractivity contribution is 5.95. The van der Waals surface area contributed by atoms with Gasteiger partial charge in [0.15, 0.2) is 6.17 Å². The normalized spacial score (nSPS) is 17.2. The van der Waals surface area contributed by atoms with Gasteiger partial charge in [0.05, 0.1) is 23.5 Å². The molecule has 3 rings (SSSR count). The number of benzene rings is 1. The van der Waals surface area contributed by atoms with Gasteiger partial charge in [0.2, 0.25) is 5.90 Å². The van der Waals surface area contributed by atoms with E-state index in [0.29, 0.717) is 22.7 Å². The monoisotopic (exact) mass is 268 g/mol. The maximum absolute atomic E-state index is 12.8. The lowest BCUT2D eigenvalue weighted by molar-refractivity contribution is 0.178. The number of aliphatic imine (C=N–C) groups is 1. The second-order valence-corrected chi connectivity index (χ2v) is 4.15. The lowest BCUT2D eigenvalue weighted by Crippen LogP contribution is -2.15. The maximum atomic E-state index is 12.8. The zero-order chi connectivity index (χ0) is 13.9. The highest BCUT2D eigenvalue weighted by atomic mass is 19.1. The summed E-state index contributed by atoms with van der Waals surface area (Å²) in [5.41, 5.74) is 4.48. The number of nitrogens with zero attached hydrogens (tertiary/aromatic N) is 3. The van der Waals surface area contributed by atoms with Crippen LogP contribution >= 0.6 is 0 Å². The van der Waals surface area contributed by atoms with Crippen LogP contribution in [-0.2, 0) is 4.84 Å². The van der Waals surface area contributed by atoms with Crippen LogP contribution in [0.1, 0.15) is 23.0 Å². The lowest BCUT2D eigenvalue weighted by Gasteiger charge is -2.04. The van der Waals surface area contributed by atoms with Crippen molar-refractivity contribution in [1.29, 1.82) is 5.26 Å². The Balaban J connectivity index is 1.87. The summed E-state index contributed by atoms with van der Waals surface area (Å²) in [6.45, 7) is 0. The summed E-state index contributed by atoms with van der Waals surface area (Å²) in [7, 11) is 0. The van der Waals surface area contributed by atoms with Crippen molar-refractivity contribution in [2.45, 2.75) is 6.17 Å². The summed E-state index contributed by atoms with van der Waals surface area (Å²) in [4.78, 5) is 13.6. The van der Waals surface area contributed by atoms with Gasteiger partial charge in [0.25, 0.3) is 0 Å². The van der Waals surface area contributed by atoms with Gasteiger partial charge in [-0.05, 0) is 30.3 Å². The standard InChI is InChI=1S/C14H9FN4O/c15-11-4-5-12(17-8-11)13-18-14(20-19-13)10-3-1-2-9(6-10)7-16/h1-6,8,13,19H. The number of nitriles is 1. The SMILES string of the molecule is N#Cc1cccc(C2=NC(c3ccc(F)cn3)NO2)c1. The van der Waals surface area contributed by atoms with E-state index in [1.807, 2.05) is 0 Å². The van der Waals surface area contributed by atoms with E-state index in [0.717, 1.165) is 6.20 Å². The molecule has 1 aromatic carbocycles. The first-order valence-electron chi connectivity index (χ1n) is 5.88. The number of hydroxylamine groups is 1. The van der Waals surface area contributed by atoms with E-state index in [1.54, 1.807) is 24.3 Å². The molecule has 1 aliphatic rings. The molecule has 0 spiro atoms. The van der Waals surface area contributed by atoms with Crippen molar-refractivity contribution in [3.8, 4) is 6.07 Å². The zero-order valence-electron chi connectivity index (χ0n) is 10.2. The topological polar surface area (TPSA) is 70.3 Å². The lowest BCUT2D eigenvalue weighted by atomic mass is 10.1. The van der Waals surface area contributed by atoms with Gasteiger partial charge < -0.3 is 4.84 Å². The molecule has 6 heteroatoms. The molecule has 20 heavy (non-hydrogen) atoms. The molecule has 0 saturated carbocycles. The number of nitrogens with one attached hydrogen (secondary N) is 1. The third-order valence-corrected chi connectivity index (χ3v) is 2.78. The van der Waals surface area contributed by atoms with Crippen molar-refractivity contribution in [1.82, 2.24) is 10.5 Å². The first kappa shape index (κ1) is 12.3. The number of pyridine rings is 1. The van der Waals surface area contributed by atoms with Gasteiger partial charge in [-0.3, -0.25) is 4.98 Å². The molecule has 1 aromatic heterocycles. The molecule has 5 nitrogen and oxygen atoms in total. The zero-order valence-corrected chi connectivity index (χ0v) is 10.2. The first-order chi connectivity index (χ1) is 9.76. The van der Waals surface area contributed by atoms with E-state index >= 15 is 0 Å². The number of aromatic nitrogens is 1. The number of halogens is 1. The third-order valence-electron chi connectivity index (χ3n) is 2.78. The quantitative estimate of drug-likeness (QED) is 0.905. The second-order valence-electron chi connectivity index (χ2n) is 4.15. The fourth-order valence-corrected chi connectivity index (χ4v) is 1.81. The summed E-state index contributed by atoms with van der Waals surface area (Å²) < 4.78 is 12.8. The van der Waals surface area contributed by atoms with Gasteiger partial charge in [-0.2, -0.15) is 5.26 Å². The van der Waals surface area contributed by atoms with Crippen LogP contribution < -0.4 is 5.48 Å². The Labute approximate surface area is 114 Å². The molecule has 0 aliphatic carbocycles. The summed E-state index contributed by atoms with van der Waals surface area (Å²) >= 11 is 0. The molecular weight excluding hydrogens is 259 g/mol. The van der Waals surface area contributed by atoms with Gasteiger partial charge in [0, 0.05) is 5.56 Å². The molecule has 2 aromatic rings. The van der Waals surface area contributed by atoms with Crippen LogP contribution in [0.2, 0.25) is 0 Å². The van der Waals surface area contributed by atoms with Gasteiger partial charge in [-0.15, -0.1) is 5.48 Å². The van der Waals surface area contributed by atoms with E-state index < -0.39 is 12.0 Å². The average Bonchev–Trinajstić information content (AvgIpc) is 2.98. The van der Waals surface area contributed by atoms with Gasteiger partial charge >= 0.3 is 0 Å². The van der Waals surface area contributed by atoms with Gasteiger partial charge in [-0.25, -0.2) is 9.38 Å². The number of hydrogen-bond donors (Lipinski definition) is 1. The fourth-order valence-electron chi connectivity index (χ4n) is 1.81. The van der Waals surface area contributed by atoms with Crippen molar-refractivity contribution >= 4 is 5.90 Å². The molecule has 1 unspecified atom stereocenters. The molecule has 98 valence electrons. The fraction of sp³-hybridized carbons (Fsp3) is 0.0714. The van der Waals surface area contributed by atoms with Crippen LogP contribution in [0.3, 0.4) is 0 Å². The number of hydrogen-bond acceptors (Lipinski definition) is 5. The number of rotatable bonds is 2. The Morgan fingerprint density at radius 1 is 1.30 bits per heavy atom. The first-order valence-corrected chi connectivity index (χ1v) is 5.88. The molecule has 1 N–H and O–H groups in total. The second kappa shape index (κ2) is 5.07. The van der Waals surface area contributed by atoms with Crippen LogP contribution in [-0.4, -0.2) is 10.9 Å². The predicted octanol–water partition coefficient (Wildman–Crippen LogP) is 2.07. The summed E-state index contributed by atoms with van der Waals surface area (Å²) in [6, 6.07) is 11.8. The van der Waals surface area contributed by atoms with Crippen molar-refractivity contribution in [2.24, 2.45) is 4.99 Å². The molecular formula is C14H9FN4O. The van der Waals surface area contributed by atoms with E-state index in [1.165, 1.54) is 12.1 Å². The van der Waals surface area contributed by atoms with Crippen molar-refractivity contribution < 1.29 is 9.23 Å². The van der Waals surface area contributed by atoms with Crippen LogP contribution in [0, 0.1) is 17.1 Å². The van der Waals surface area contributed by atoms with Crippen molar-refractivity contribution in [3.05, 3.63) is 65.2 Å². The third kappa shape index (κ3) is 2.35. The smallest absolute Gasteiger partial charge is 0.242 e. The maximum Gasteiger partial charge on any atom is 0.242 e. The van der Waals surface area contributed by atoms with E-state index in [2.05, 4.69) is 21.5 Å². The Bertz CT molecular complexity index is 706.